The number of sulfonamides is 1. The van der Waals surface area contributed by atoms with Crippen molar-refractivity contribution in [3.05, 3.63) is 78.0 Å². The number of rotatable bonds is 11. The Kier molecular flexibility index (Phi) is 8.22. The first kappa shape index (κ1) is 26.3. The topological polar surface area (TPSA) is 104 Å². The van der Waals surface area contributed by atoms with Crippen LogP contribution in [0.1, 0.15) is 11.3 Å². The smallest absolute Gasteiger partial charge is 0.269 e. The lowest BCUT2D eigenvalue weighted by Crippen LogP contribution is -2.34. The van der Waals surface area contributed by atoms with E-state index >= 15 is 0 Å². The van der Waals surface area contributed by atoms with Gasteiger partial charge in [-0.3, -0.25) is 0 Å². The monoisotopic (exact) mass is 523 g/mol. The van der Waals surface area contributed by atoms with E-state index in [1.807, 2.05) is 36.4 Å². The molecule has 10 heteroatoms. The van der Waals surface area contributed by atoms with Crippen LogP contribution in [-0.4, -0.2) is 52.7 Å². The van der Waals surface area contributed by atoms with Gasteiger partial charge in [-0.2, -0.15) is 0 Å². The van der Waals surface area contributed by atoms with Crippen molar-refractivity contribution in [2.75, 3.05) is 38.5 Å². The molecule has 0 aliphatic heterocycles. The van der Waals surface area contributed by atoms with E-state index in [-0.39, 0.29) is 24.1 Å². The van der Waals surface area contributed by atoms with E-state index in [4.69, 9.17) is 18.7 Å². The number of benzene rings is 2. The SMILES string of the molecule is COCCOCN(c1onc(C)c1C)S(=O)(=O)c1cc(-c2cccc(OC)n2)ccc1-c1ccccc1. The molecule has 37 heavy (non-hydrogen) atoms. The Morgan fingerprint density at radius 1 is 0.919 bits per heavy atom. The fourth-order valence-corrected chi connectivity index (χ4v) is 5.30. The van der Waals surface area contributed by atoms with Crippen LogP contribution >= 0.6 is 0 Å². The molecule has 0 saturated carbocycles. The Balaban J connectivity index is 1.89. The van der Waals surface area contributed by atoms with Gasteiger partial charge in [0.15, 0.2) is 0 Å². The highest BCUT2D eigenvalue weighted by Crippen LogP contribution is 2.36. The molecule has 0 N–H and O–H groups in total. The molecule has 4 aromatic rings. The molecule has 2 heterocycles. The lowest BCUT2D eigenvalue weighted by Gasteiger charge is -2.24. The zero-order valence-electron chi connectivity index (χ0n) is 21.2. The van der Waals surface area contributed by atoms with Gasteiger partial charge in [0, 0.05) is 29.9 Å². The number of hydrogen-bond donors (Lipinski definition) is 0. The van der Waals surface area contributed by atoms with Gasteiger partial charge in [0.1, 0.15) is 6.73 Å². The molecule has 2 aromatic heterocycles. The Morgan fingerprint density at radius 3 is 2.38 bits per heavy atom. The highest BCUT2D eigenvalue weighted by atomic mass is 32.2. The molecule has 0 amide bonds. The summed E-state index contributed by atoms with van der Waals surface area (Å²) in [6, 6.07) is 19.9. The maximum Gasteiger partial charge on any atom is 0.269 e. The Bertz CT molecular complexity index is 1450. The van der Waals surface area contributed by atoms with Crippen LogP contribution < -0.4 is 9.04 Å². The third-order valence-electron chi connectivity index (χ3n) is 5.86. The Labute approximate surface area is 216 Å². The van der Waals surface area contributed by atoms with Crippen molar-refractivity contribution in [2.45, 2.75) is 18.7 Å². The molecule has 0 unspecified atom stereocenters. The fraction of sp³-hybridized carbons (Fsp3) is 0.259. The normalized spacial score (nSPS) is 11.5. The predicted octanol–water partition coefficient (Wildman–Crippen LogP) is 4.84. The minimum atomic E-state index is -4.20. The standard InChI is InChI=1S/C27H29N3O6S/c1-19-20(2)29-36-27(19)30(18-35-16-15-33-3)37(31,32)25-17-22(24-11-8-12-26(28-24)34-4)13-14-23(25)21-9-6-5-7-10-21/h5-14,17H,15-16,18H2,1-4H3. The first-order chi connectivity index (χ1) is 17.9. The zero-order valence-corrected chi connectivity index (χ0v) is 22.0. The van der Waals surface area contributed by atoms with E-state index in [1.54, 1.807) is 51.3 Å². The average molecular weight is 524 g/mol. The van der Waals surface area contributed by atoms with Gasteiger partial charge in [0.05, 0.1) is 36.6 Å². The number of hydrogen-bond acceptors (Lipinski definition) is 8. The summed E-state index contributed by atoms with van der Waals surface area (Å²) in [5, 5.41) is 3.97. The predicted molar refractivity (Wildman–Crippen MR) is 140 cm³/mol. The van der Waals surface area contributed by atoms with Crippen LogP contribution in [0, 0.1) is 13.8 Å². The highest BCUT2D eigenvalue weighted by molar-refractivity contribution is 7.93. The van der Waals surface area contributed by atoms with E-state index in [9.17, 15) is 8.42 Å². The van der Waals surface area contributed by atoms with Crippen molar-refractivity contribution in [1.29, 1.82) is 0 Å². The number of nitrogens with zero attached hydrogens (tertiary/aromatic N) is 3. The highest BCUT2D eigenvalue weighted by Gasteiger charge is 2.33. The van der Waals surface area contributed by atoms with Gasteiger partial charge < -0.3 is 18.7 Å². The molecule has 0 aliphatic carbocycles. The number of aryl methyl sites for hydroxylation is 1. The molecule has 0 saturated heterocycles. The third kappa shape index (κ3) is 5.66. The van der Waals surface area contributed by atoms with Crippen molar-refractivity contribution in [3.63, 3.8) is 0 Å². The van der Waals surface area contributed by atoms with Crippen LogP contribution in [0.4, 0.5) is 5.88 Å². The van der Waals surface area contributed by atoms with Crippen molar-refractivity contribution in [1.82, 2.24) is 10.1 Å². The quantitative estimate of drug-likeness (QED) is 0.203. The summed E-state index contributed by atoms with van der Waals surface area (Å²) in [6.45, 7) is 3.75. The summed E-state index contributed by atoms with van der Waals surface area (Å²) < 4.78 is 51.2. The van der Waals surface area contributed by atoms with Crippen molar-refractivity contribution >= 4 is 15.9 Å². The molecule has 0 atom stereocenters. The Hall–Kier alpha value is -3.73. The minimum absolute atomic E-state index is 0.0737. The Morgan fingerprint density at radius 2 is 1.70 bits per heavy atom. The molecular weight excluding hydrogens is 494 g/mol. The first-order valence-corrected chi connectivity index (χ1v) is 13.0. The van der Waals surface area contributed by atoms with Gasteiger partial charge in [-0.1, -0.05) is 53.7 Å². The second-order valence-corrected chi connectivity index (χ2v) is 10.1. The number of pyridine rings is 1. The number of ether oxygens (including phenoxy) is 3. The van der Waals surface area contributed by atoms with Gasteiger partial charge in [0.2, 0.25) is 11.8 Å². The molecule has 4 rings (SSSR count). The van der Waals surface area contributed by atoms with E-state index in [1.165, 1.54) is 7.11 Å². The second kappa shape index (κ2) is 11.5. The maximum atomic E-state index is 14.3. The zero-order chi connectivity index (χ0) is 26.4. The average Bonchev–Trinajstić information content (AvgIpc) is 3.26. The maximum absolute atomic E-state index is 14.3. The largest absolute Gasteiger partial charge is 0.481 e. The summed E-state index contributed by atoms with van der Waals surface area (Å²) in [6.07, 6.45) is 0. The summed E-state index contributed by atoms with van der Waals surface area (Å²) in [5.74, 6) is 0.522. The number of methoxy groups -OCH3 is 2. The van der Waals surface area contributed by atoms with Crippen LogP contribution in [0.15, 0.2) is 76.1 Å². The van der Waals surface area contributed by atoms with Gasteiger partial charge in [-0.25, -0.2) is 17.7 Å². The van der Waals surface area contributed by atoms with Crippen LogP contribution in [0.2, 0.25) is 0 Å². The fourth-order valence-electron chi connectivity index (χ4n) is 3.72. The van der Waals surface area contributed by atoms with Gasteiger partial charge in [-0.15, -0.1) is 0 Å². The van der Waals surface area contributed by atoms with Crippen molar-refractivity contribution < 1.29 is 27.2 Å². The van der Waals surface area contributed by atoms with Crippen LogP contribution in [-0.2, 0) is 19.5 Å². The van der Waals surface area contributed by atoms with Gasteiger partial charge in [-0.05, 0) is 31.5 Å². The van der Waals surface area contributed by atoms with Crippen molar-refractivity contribution in [2.24, 2.45) is 0 Å². The summed E-state index contributed by atoms with van der Waals surface area (Å²) in [4.78, 5) is 4.55. The van der Waals surface area contributed by atoms with E-state index in [0.29, 0.717) is 40.6 Å². The molecule has 194 valence electrons. The lowest BCUT2D eigenvalue weighted by atomic mass is 10.0. The van der Waals surface area contributed by atoms with Crippen molar-refractivity contribution in [3.8, 4) is 28.3 Å². The molecule has 0 radical (unpaired) electrons. The third-order valence-corrected chi connectivity index (χ3v) is 7.61. The number of anilines is 1. The molecule has 0 fully saturated rings. The second-order valence-electron chi connectivity index (χ2n) is 8.22. The summed E-state index contributed by atoms with van der Waals surface area (Å²) in [7, 11) is -1.12. The van der Waals surface area contributed by atoms with Crippen LogP contribution in [0.25, 0.3) is 22.4 Å². The lowest BCUT2D eigenvalue weighted by molar-refractivity contribution is 0.0744. The van der Waals surface area contributed by atoms with E-state index < -0.39 is 10.0 Å². The molecule has 2 aromatic carbocycles. The van der Waals surface area contributed by atoms with Crippen LogP contribution in [0.3, 0.4) is 0 Å². The minimum Gasteiger partial charge on any atom is -0.481 e. The van der Waals surface area contributed by atoms with E-state index in [0.717, 1.165) is 9.87 Å². The van der Waals surface area contributed by atoms with Gasteiger partial charge >= 0.3 is 0 Å². The first-order valence-electron chi connectivity index (χ1n) is 11.6. The summed E-state index contributed by atoms with van der Waals surface area (Å²) in [5.41, 5.74) is 3.66. The molecular formula is C27H29N3O6S. The van der Waals surface area contributed by atoms with E-state index in [2.05, 4.69) is 10.1 Å². The molecule has 0 aliphatic rings. The molecule has 9 nitrogen and oxygen atoms in total. The molecule has 0 bridgehead atoms. The number of aromatic nitrogens is 2. The molecule has 0 spiro atoms. The van der Waals surface area contributed by atoms with Gasteiger partial charge in [0.25, 0.3) is 10.0 Å². The summed E-state index contributed by atoms with van der Waals surface area (Å²) >= 11 is 0. The van der Waals surface area contributed by atoms with Crippen LogP contribution in [0.5, 0.6) is 5.88 Å².